The van der Waals surface area contributed by atoms with E-state index in [1.54, 1.807) is 10.5 Å². The first-order chi connectivity index (χ1) is 9.47. The van der Waals surface area contributed by atoms with Crippen molar-refractivity contribution < 1.29 is 14.7 Å². The van der Waals surface area contributed by atoms with Crippen molar-refractivity contribution in [2.45, 2.75) is 12.8 Å². The van der Waals surface area contributed by atoms with E-state index in [1.165, 1.54) is 0 Å². The lowest BCUT2D eigenvalue weighted by atomic mass is 9.98. The summed E-state index contributed by atoms with van der Waals surface area (Å²) >= 11 is 5.45. The molecule has 2 rings (SSSR count). The van der Waals surface area contributed by atoms with Crippen LogP contribution in [0.5, 0.6) is 0 Å². The van der Waals surface area contributed by atoms with Crippen LogP contribution in [0.2, 0.25) is 0 Å². The van der Waals surface area contributed by atoms with Crippen LogP contribution in [0.1, 0.15) is 23.3 Å². The standard InChI is InChI=1S/C7H13NO2.C4H3BrIN2OP/c1-8-4-2-6(3-5-8)7(9)10;5-4-1-3(2-9)7-8(4)10-6/h6H,2-5H2,1H3,(H,9,10);1-2,10H. The summed E-state index contributed by atoms with van der Waals surface area (Å²) in [5.41, 5.74) is 0.469. The third kappa shape index (κ3) is 5.75. The maximum atomic E-state index is 10.4. The molecule has 0 aromatic carbocycles. The molecule has 6 nitrogen and oxygen atoms in total. The van der Waals surface area contributed by atoms with Crippen molar-refractivity contribution in [3.05, 3.63) is 16.4 Å². The molecule has 1 aromatic heterocycles. The Morgan fingerprint density at radius 3 is 2.55 bits per heavy atom. The van der Waals surface area contributed by atoms with Gasteiger partial charge in [-0.1, -0.05) is 0 Å². The van der Waals surface area contributed by atoms with E-state index in [0.717, 1.165) is 36.8 Å². The van der Waals surface area contributed by atoms with Gasteiger partial charge in [0.15, 0.2) is 6.29 Å². The summed E-state index contributed by atoms with van der Waals surface area (Å²) in [6, 6.07) is 1.69. The molecule has 1 atom stereocenters. The number of carboxylic acid groups (broad SMARTS) is 1. The Bertz CT molecular complexity index is 464. The van der Waals surface area contributed by atoms with Gasteiger partial charge in [-0.25, -0.2) is 4.45 Å². The number of halogens is 2. The third-order valence-corrected chi connectivity index (χ3v) is 5.72. The molecule has 1 aliphatic heterocycles. The molecular formula is C11H16BrIN3O3P. The summed E-state index contributed by atoms with van der Waals surface area (Å²) in [5.74, 6) is -0.718. The second-order valence-electron chi connectivity index (χ2n) is 4.42. The number of aliphatic carboxylic acids is 1. The Morgan fingerprint density at radius 2 is 2.20 bits per heavy atom. The first kappa shape index (κ1) is 18.0. The molecule has 9 heteroatoms. The zero-order chi connectivity index (χ0) is 15.1. The number of hydrogen-bond donors (Lipinski definition) is 1. The van der Waals surface area contributed by atoms with Crippen LogP contribution in [0, 0.1) is 5.92 Å². The van der Waals surface area contributed by atoms with Gasteiger partial charge in [0.1, 0.15) is 10.3 Å². The van der Waals surface area contributed by atoms with Gasteiger partial charge in [0.2, 0.25) is 0 Å². The summed E-state index contributed by atoms with van der Waals surface area (Å²) < 4.78 is 2.58. The van der Waals surface area contributed by atoms with Crippen LogP contribution >= 0.6 is 44.3 Å². The highest BCUT2D eigenvalue weighted by molar-refractivity contribution is 14.2. The average molecular weight is 476 g/mol. The molecule has 1 unspecified atom stereocenters. The number of rotatable bonds is 3. The predicted molar refractivity (Wildman–Crippen MR) is 90.9 cm³/mol. The predicted octanol–water partition coefficient (Wildman–Crippen LogP) is 2.66. The summed E-state index contributed by atoms with van der Waals surface area (Å²) in [6.07, 6.45) is 2.88. The van der Waals surface area contributed by atoms with Crippen molar-refractivity contribution >= 4 is 56.6 Å². The van der Waals surface area contributed by atoms with E-state index in [0.29, 0.717) is 12.1 Å². The SMILES string of the molecule is CN1CCC(C(=O)O)CC1.O=Cc1cc(Br)n(PI)n1. The molecule has 1 aromatic rings. The molecule has 1 aliphatic rings. The molecule has 0 saturated carbocycles. The van der Waals surface area contributed by atoms with Gasteiger partial charge in [-0.15, -0.1) is 0 Å². The Hall–Kier alpha value is -0.0500. The van der Waals surface area contributed by atoms with E-state index in [2.05, 4.69) is 48.0 Å². The zero-order valence-electron chi connectivity index (χ0n) is 10.9. The van der Waals surface area contributed by atoms with Crippen LogP contribution < -0.4 is 0 Å². The molecule has 2 heterocycles. The number of carboxylic acids is 1. The molecule has 0 spiro atoms. The third-order valence-electron chi connectivity index (χ3n) is 2.95. The molecule has 0 bridgehead atoms. The minimum Gasteiger partial charge on any atom is -0.481 e. The number of aromatic nitrogens is 2. The van der Waals surface area contributed by atoms with Crippen molar-refractivity contribution in [2.24, 2.45) is 5.92 Å². The Balaban J connectivity index is 0.000000200. The highest BCUT2D eigenvalue weighted by Crippen LogP contribution is 2.27. The van der Waals surface area contributed by atoms with Crippen LogP contribution in [0.4, 0.5) is 0 Å². The van der Waals surface area contributed by atoms with Crippen LogP contribution in [0.15, 0.2) is 10.7 Å². The molecular weight excluding hydrogens is 460 g/mol. The quantitative estimate of drug-likeness (QED) is 0.413. The van der Waals surface area contributed by atoms with Gasteiger partial charge in [-0.2, -0.15) is 5.10 Å². The Kier molecular flexibility index (Phi) is 8.16. The number of hydrogen-bond acceptors (Lipinski definition) is 4. The van der Waals surface area contributed by atoms with Crippen LogP contribution in [-0.4, -0.2) is 52.0 Å². The smallest absolute Gasteiger partial charge is 0.306 e. The molecule has 20 heavy (non-hydrogen) atoms. The van der Waals surface area contributed by atoms with Gasteiger partial charge >= 0.3 is 5.97 Å². The average Bonchev–Trinajstić information content (AvgIpc) is 2.80. The molecule has 1 saturated heterocycles. The molecule has 0 aliphatic carbocycles. The summed E-state index contributed by atoms with van der Waals surface area (Å²) in [4.78, 5) is 22.8. The highest BCUT2D eigenvalue weighted by Gasteiger charge is 2.21. The monoisotopic (exact) mass is 475 g/mol. The lowest BCUT2D eigenvalue weighted by molar-refractivity contribution is -0.143. The van der Waals surface area contributed by atoms with Crippen LogP contribution in [0.3, 0.4) is 0 Å². The molecule has 1 N–H and O–H groups in total. The Labute approximate surface area is 140 Å². The Morgan fingerprint density at radius 1 is 1.60 bits per heavy atom. The fraction of sp³-hybridized carbons (Fsp3) is 0.545. The molecule has 112 valence electrons. The lowest BCUT2D eigenvalue weighted by Crippen LogP contribution is -2.33. The van der Waals surface area contributed by atoms with Gasteiger partial charge in [-0.05, 0) is 70.9 Å². The summed E-state index contributed by atoms with van der Waals surface area (Å²) in [7, 11) is 2.03. The summed E-state index contributed by atoms with van der Waals surface area (Å²) in [5, 5.41) is 12.6. The maximum Gasteiger partial charge on any atom is 0.306 e. The zero-order valence-corrected chi connectivity index (χ0v) is 15.7. The van der Waals surface area contributed by atoms with E-state index < -0.39 is 5.97 Å². The first-order valence-electron chi connectivity index (χ1n) is 5.96. The number of carbonyl (C=O) groups is 2. The van der Waals surface area contributed by atoms with Crippen LogP contribution in [0.25, 0.3) is 0 Å². The lowest BCUT2D eigenvalue weighted by Gasteiger charge is -2.25. The highest BCUT2D eigenvalue weighted by atomic mass is 127. The fourth-order valence-corrected chi connectivity index (χ4v) is 4.72. The second-order valence-corrected chi connectivity index (χ2v) is 7.27. The van der Waals surface area contributed by atoms with Crippen molar-refractivity contribution in [2.75, 3.05) is 20.1 Å². The van der Waals surface area contributed by atoms with E-state index in [-0.39, 0.29) is 5.92 Å². The maximum absolute atomic E-state index is 10.4. The number of carbonyl (C=O) groups excluding carboxylic acids is 1. The van der Waals surface area contributed by atoms with Gasteiger partial charge in [-0.3, -0.25) is 9.59 Å². The van der Waals surface area contributed by atoms with E-state index in [4.69, 9.17) is 5.11 Å². The van der Waals surface area contributed by atoms with E-state index >= 15 is 0 Å². The van der Waals surface area contributed by atoms with Crippen molar-refractivity contribution in [1.82, 2.24) is 14.5 Å². The normalized spacial score (nSPS) is 16.9. The largest absolute Gasteiger partial charge is 0.481 e. The number of nitrogens with zero attached hydrogens (tertiary/aromatic N) is 3. The van der Waals surface area contributed by atoms with Gasteiger partial charge < -0.3 is 10.0 Å². The van der Waals surface area contributed by atoms with Crippen molar-refractivity contribution in [3.8, 4) is 0 Å². The fourth-order valence-electron chi connectivity index (χ4n) is 1.75. The molecule has 1 fully saturated rings. The van der Waals surface area contributed by atoms with Gasteiger partial charge in [0.05, 0.1) is 12.3 Å². The first-order valence-corrected chi connectivity index (χ1v) is 10.8. The van der Waals surface area contributed by atoms with E-state index in [9.17, 15) is 9.59 Å². The molecule has 0 radical (unpaired) electrons. The van der Waals surface area contributed by atoms with E-state index in [1.807, 2.05) is 7.05 Å². The van der Waals surface area contributed by atoms with Gasteiger partial charge in [0, 0.05) is 6.07 Å². The minimum absolute atomic E-state index is 0.0869. The second kappa shape index (κ2) is 9.07. The topological polar surface area (TPSA) is 75.4 Å². The summed E-state index contributed by atoms with van der Waals surface area (Å²) in [6.45, 7) is 1.86. The van der Waals surface area contributed by atoms with Crippen molar-refractivity contribution in [3.63, 3.8) is 0 Å². The number of aldehydes is 1. The minimum atomic E-state index is -0.631. The number of likely N-dealkylation sites (tertiary alicyclic amines) is 1. The van der Waals surface area contributed by atoms with Gasteiger partial charge in [0.25, 0.3) is 0 Å². The van der Waals surface area contributed by atoms with Crippen molar-refractivity contribution in [1.29, 1.82) is 0 Å². The number of piperidine rings is 1. The molecule has 0 amide bonds. The van der Waals surface area contributed by atoms with Crippen LogP contribution in [-0.2, 0) is 4.79 Å².